The first-order chi connectivity index (χ1) is 5.02. The molecule has 1 rings (SSSR count). The van der Waals surface area contributed by atoms with Gasteiger partial charge in [0.25, 0.3) is 0 Å². The molecule has 0 unspecified atom stereocenters. The molecule has 1 aromatic rings. The highest BCUT2D eigenvalue weighted by molar-refractivity contribution is 7.60. The number of halogens is 1. The lowest BCUT2D eigenvalue weighted by atomic mass is 10.3. The van der Waals surface area contributed by atoms with E-state index < -0.39 is 18.7 Å². The van der Waals surface area contributed by atoms with E-state index in [1.165, 1.54) is 12.1 Å². The highest BCUT2D eigenvalue weighted by Gasteiger charge is 2.20. The number of hydrogen-bond donors (Lipinski definition) is 2. The third-order valence-electron chi connectivity index (χ3n) is 1.17. The molecule has 0 saturated heterocycles. The smallest absolute Gasteiger partial charge is 0.321 e. The zero-order valence-electron chi connectivity index (χ0n) is 5.44. The van der Waals surface area contributed by atoms with Gasteiger partial charge in [0.2, 0.25) is 0 Å². The van der Waals surface area contributed by atoms with Gasteiger partial charge in [0.1, 0.15) is 5.82 Å². The first-order valence-electron chi connectivity index (χ1n) is 2.82. The predicted molar refractivity (Wildman–Crippen MR) is 38.1 cm³/mol. The van der Waals surface area contributed by atoms with Crippen LogP contribution < -0.4 is 5.30 Å². The SMILES string of the molecule is O=P(O)(O)c1ccccc1F. The van der Waals surface area contributed by atoms with Crippen molar-refractivity contribution in [3.05, 3.63) is 30.1 Å². The van der Waals surface area contributed by atoms with Crippen LogP contribution in [0.5, 0.6) is 0 Å². The second-order valence-corrected chi connectivity index (χ2v) is 3.57. The summed E-state index contributed by atoms with van der Waals surface area (Å²) in [5, 5.41) is -0.556. The molecule has 0 heterocycles. The Hall–Kier alpha value is -0.700. The first-order valence-corrected chi connectivity index (χ1v) is 4.43. The van der Waals surface area contributed by atoms with Gasteiger partial charge in [0, 0.05) is 0 Å². The molecule has 0 aliphatic rings. The quantitative estimate of drug-likeness (QED) is 0.617. The van der Waals surface area contributed by atoms with Gasteiger partial charge >= 0.3 is 7.60 Å². The normalized spacial score (nSPS) is 11.5. The van der Waals surface area contributed by atoms with Crippen LogP contribution in [0.3, 0.4) is 0 Å². The molecule has 0 saturated carbocycles. The van der Waals surface area contributed by atoms with Gasteiger partial charge in [-0.2, -0.15) is 0 Å². The molecule has 0 spiro atoms. The van der Waals surface area contributed by atoms with Crippen LogP contribution in [0.25, 0.3) is 0 Å². The lowest BCUT2D eigenvalue weighted by Crippen LogP contribution is -2.07. The van der Waals surface area contributed by atoms with E-state index in [2.05, 4.69) is 0 Å². The van der Waals surface area contributed by atoms with Crippen molar-refractivity contribution in [3.63, 3.8) is 0 Å². The van der Waals surface area contributed by atoms with Crippen molar-refractivity contribution in [2.24, 2.45) is 0 Å². The van der Waals surface area contributed by atoms with Crippen LogP contribution in [0.1, 0.15) is 0 Å². The van der Waals surface area contributed by atoms with E-state index in [-0.39, 0.29) is 0 Å². The Bertz CT molecular complexity index is 306. The molecule has 0 fully saturated rings. The van der Waals surface area contributed by atoms with E-state index in [0.717, 1.165) is 12.1 Å². The second-order valence-electron chi connectivity index (χ2n) is 2.00. The van der Waals surface area contributed by atoms with E-state index in [1.54, 1.807) is 0 Å². The Morgan fingerprint density at radius 3 is 2.18 bits per heavy atom. The molecule has 2 N–H and O–H groups in total. The monoisotopic (exact) mass is 176 g/mol. The number of hydrogen-bond acceptors (Lipinski definition) is 1. The van der Waals surface area contributed by atoms with Crippen molar-refractivity contribution in [3.8, 4) is 0 Å². The van der Waals surface area contributed by atoms with Gasteiger partial charge in [-0.15, -0.1) is 0 Å². The Labute approximate surface area is 62.6 Å². The fraction of sp³-hybridized carbons (Fsp3) is 0. The Morgan fingerprint density at radius 1 is 1.27 bits per heavy atom. The number of rotatable bonds is 1. The van der Waals surface area contributed by atoms with E-state index >= 15 is 0 Å². The van der Waals surface area contributed by atoms with E-state index in [4.69, 9.17) is 9.79 Å². The molecule has 60 valence electrons. The Kier molecular flexibility index (Phi) is 2.09. The first kappa shape index (κ1) is 8.40. The third kappa shape index (κ3) is 1.87. The van der Waals surface area contributed by atoms with Gasteiger partial charge in [-0.1, -0.05) is 12.1 Å². The van der Waals surface area contributed by atoms with Gasteiger partial charge in [-0.3, -0.25) is 4.57 Å². The predicted octanol–water partition coefficient (Wildman–Crippen LogP) is 0.629. The lowest BCUT2D eigenvalue weighted by Gasteiger charge is -2.03. The Morgan fingerprint density at radius 2 is 1.82 bits per heavy atom. The second kappa shape index (κ2) is 2.74. The minimum absolute atomic E-state index is 0.556. The van der Waals surface area contributed by atoms with Crippen LogP contribution >= 0.6 is 7.60 Å². The van der Waals surface area contributed by atoms with Gasteiger partial charge in [0.05, 0.1) is 5.30 Å². The van der Waals surface area contributed by atoms with Crippen molar-refractivity contribution >= 4 is 12.9 Å². The molecule has 0 atom stereocenters. The summed E-state index contributed by atoms with van der Waals surface area (Å²) >= 11 is 0. The van der Waals surface area contributed by atoms with Crippen molar-refractivity contribution in [1.82, 2.24) is 0 Å². The van der Waals surface area contributed by atoms with Gasteiger partial charge in [-0.05, 0) is 12.1 Å². The Balaban J connectivity index is 3.25. The molecule has 3 nitrogen and oxygen atoms in total. The molecule has 1 aromatic carbocycles. The van der Waals surface area contributed by atoms with Gasteiger partial charge in [0.15, 0.2) is 0 Å². The summed E-state index contributed by atoms with van der Waals surface area (Å²) < 4.78 is 23.1. The molecule has 0 bridgehead atoms. The summed E-state index contributed by atoms with van der Waals surface area (Å²) in [4.78, 5) is 17.1. The van der Waals surface area contributed by atoms with Crippen LogP contribution in [0, 0.1) is 5.82 Å². The number of benzene rings is 1. The summed E-state index contributed by atoms with van der Waals surface area (Å²) in [5.41, 5.74) is 0. The maximum atomic E-state index is 12.6. The third-order valence-corrected chi connectivity index (χ3v) is 2.16. The summed E-state index contributed by atoms with van der Waals surface area (Å²) in [6, 6.07) is 4.82. The van der Waals surface area contributed by atoms with Crippen LogP contribution in [-0.4, -0.2) is 9.79 Å². The van der Waals surface area contributed by atoms with Crippen LogP contribution in [-0.2, 0) is 4.57 Å². The zero-order chi connectivity index (χ0) is 8.48. The average Bonchev–Trinajstić information content (AvgIpc) is 1.86. The maximum Gasteiger partial charge on any atom is 0.359 e. The van der Waals surface area contributed by atoms with Gasteiger partial charge < -0.3 is 9.79 Å². The molecular weight excluding hydrogens is 170 g/mol. The highest BCUT2D eigenvalue weighted by Crippen LogP contribution is 2.33. The van der Waals surface area contributed by atoms with E-state index in [1.807, 2.05) is 0 Å². The van der Waals surface area contributed by atoms with E-state index in [9.17, 15) is 8.96 Å². The molecule has 0 radical (unpaired) electrons. The fourth-order valence-corrected chi connectivity index (χ4v) is 1.32. The minimum atomic E-state index is -4.43. The molecule has 5 heteroatoms. The van der Waals surface area contributed by atoms with Gasteiger partial charge in [-0.25, -0.2) is 4.39 Å². The minimum Gasteiger partial charge on any atom is -0.321 e. The molecule has 0 aliphatic heterocycles. The van der Waals surface area contributed by atoms with Crippen molar-refractivity contribution < 1.29 is 18.7 Å². The lowest BCUT2D eigenvalue weighted by molar-refractivity contribution is 0.385. The summed E-state index contributed by atoms with van der Waals surface area (Å²) in [6.45, 7) is 0. The topological polar surface area (TPSA) is 57.5 Å². The van der Waals surface area contributed by atoms with Crippen molar-refractivity contribution in [2.45, 2.75) is 0 Å². The average molecular weight is 176 g/mol. The summed E-state index contributed by atoms with van der Waals surface area (Å²) in [6.07, 6.45) is 0. The molecule has 0 amide bonds. The van der Waals surface area contributed by atoms with Crippen LogP contribution in [0.4, 0.5) is 4.39 Å². The molecule has 0 aliphatic carbocycles. The molecular formula is C6H6FO3P. The van der Waals surface area contributed by atoms with Crippen LogP contribution in [0.2, 0.25) is 0 Å². The standard InChI is InChI=1S/C6H6FO3P/c7-5-3-1-2-4-6(5)11(8,9)10/h1-4H,(H2,8,9,10). The fourth-order valence-electron chi connectivity index (χ4n) is 0.688. The van der Waals surface area contributed by atoms with E-state index in [0.29, 0.717) is 0 Å². The summed E-state index contributed by atoms with van der Waals surface area (Å²) in [5.74, 6) is -0.874. The molecule has 11 heavy (non-hydrogen) atoms. The van der Waals surface area contributed by atoms with Crippen LogP contribution in [0.15, 0.2) is 24.3 Å². The van der Waals surface area contributed by atoms with Crippen molar-refractivity contribution in [1.29, 1.82) is 0 Å². The summed E-state index contributed by atoms with van der Waals surface area (Å²) in [7, 11) is -4.43. The zero-order valence-corrected chi connectivity index (χ0v) is 6.33. The highest BCUT2D eigenvalue weighted by atomic mass is 31.2. The maximum absolute atomic E-state index is 12.6. The molecule has 0 aromatic heterocycles. The van der Waals surface area contributed by atoms with Crippen molar-refractivity contribution in [2.75, 3.05) is 0 Å². The largest absolute Gasteiger partial charge is 0.359 e.